The minimum atomic E-state index is -0.723. The Hall–Kier alpha value is -4.24. The molecule has 0 atom stereocenters. The van der Waals surface area contributed by atoms with Gasteiger partial charge in [-0.2, -0.15) is 0 Å². The molecule has 0 spiro atoms. The van der Waals surface area contributed by atoms with Crippen LogP contribution in [0.15, 0.2) is 72.4 Å². The van der Waals surface area contributed by atoms with E-state index < -0.39 is 22.6 Å². The predicted molar refractivity (Wildman–Crippen MR) is 122 cm³/mol. The second-order valence-electron chi connectivity index (χ2n) is 6.64. The number of carbonyl (C=O) groups is 2. The van der Waals surface area contributed by atoms with Gasteiger partial charge in [-0.25, -0.2) is 4.39 Å². The van der Waals surface area contributed by atoms with Crippen molar-refractivity contribution in [2.45, 2.75) is 0 Å². The zero-order valence-corrected chi connectivity index (χ0v) is 17.9. The molecule has 0 bridgehead atoms. The number of methoxy groups -OCH3 is 1. The Balaban J connectivity index is 1.94. The first-order valence-corrected chi connectivity index (χ1v) is 9.83. The van der Waals surface area contributed by atoms with Crippen LogP contribution in [0.1, 0.15) is 15.9 Å². The Bertz CT molecular complexity index is 1250. The highest BCUT2D eigenvalue weighted by molar-refractivity contribution is 6.31. The Kier molecular flexibility index (Phi) is 7.37. The zero-order chi connectivity index (χ0) is 24.0. The summed E-state index contributed by atoms with van der Waals surface area (Å²) in [6, 6.07) is 15.4. The fraction of sp³-hybridized carbons (Fsp3) is 0.0435. The molecule has 168 valence electrons. The smallest absolute Gasteiger partial charge is 0.272 e. The van der Waals surface area contributed by atoms with Crippen LogP contribution < -0.4 is 15.4 Å². The second kappa shape index (κ2) is 10.4. The summed E-state index contributed by atoms with van der Waals surface area (Å²) in [6.45, 7) is 0. The summed E-state index contributed by atoms with van der Waals surface area (Å²) in [6.07, 6.45) is 1.34. The number of amides is 2. The van der Waals surface area contributed by atoms with Crippen molar-refractivity contribution >= 4 is 40.9 Å². The summed E-state index contributed by atoms with van der Waals surface area (Å²) >= 11 is 5.77. The molecule has 3 aromatic rings. The molecule has 33 heavy (non-hydrogen) atoms. The number of non-ortho nitro benzene ring substituents is 1. The molecule has 10 heteroatoms. The zero-order valence-electron chi connectivity index (χ0n) is 17.2. The van der Waals surface area contributed by atoms with Gasteiger partial charge in [0.15, 0.2) is 0 Å². The highest BCUT2D eigenvalue weighted by Gasteiger charge is 2.18. The lowest BCUT2D eigenvalue weighted by atomic mass is 10.1. The summed E-state index contributed by atoms with van der Waals surface area (Å²) in [4.78, 5) is 36.1. The largest absolute Gasteiger partial charge is 0.496 e. The molecule has 0 aliphatic heterocycles. The van der Waals surface area contributed by atoms with E-state index in [1.54, 1.807) is 18.2 Å². The van der Waals surface area contributed by atoms with Crippen molar-refractivity contribution in [1.82, 2.24) is 5.32 Å². The maximum Gasteiger partial charge on any atom is 0.272 e. The predicted octanol–water partition coefficient (Wildman–Crippen LogP) is 4.81. The van der Waals surface area contributed by atoms with Crippen LogP contribution >= 0.6 is 11.6 Å². The number of halogens is 2. The number of hydrogen-bond donors (Lipinski definition) is 2. The van der Waals surface area contributed by atoms with Crippen molar-refractivity contribution in [1.29, 1.82) is 0 Å². The number of nitrogens with one attached hydrogen (secondary N) is 2. The van der Waals surface area contributed by atoms with Gasteiger partial charge >= 0.3 is 0 Å². The Labute approximate surface area is 192 Å². The highest BCUT2D eigenvalue weighted by atomic mass is 35.5. The van der Waals surface area contributed by atoms with E-state index in [9.17, 15) is 24.1 Å². The maximum atomic E-state index is 13.4. The molecule has 0 heterocycles. The van der Waals surface area contributed by atoms with Crippen molar-refractivity contribution in [3.63, 3.8) is 0 Å². The number of nitrogens with zero attached hydrogens (tertiary/aromatic N) is 1. The van der Waals surface area contributed by atoms with Crippen molar-refractivity contribution < 1.29 is 23.6 Å². The van der Waals surface area contributed by atoms with E-state index in [0.29, 0.717) is 11.3 Å². The lowest BCUT2D eigenvalue weighted by Crippen LogP contribution is -2.31. The molecule has 0 aromatic heterocycles. The van der Waals surface area contributed by atoms with E-state index in [0.717, 1.165) is 6.07 Å². The van der Waals surface area contributed by atoms with Crippen LogP contribution in [0.5, 0.6) is 5.75 Å². The SMILES string of the molecule is COc1ccccc1C(=O)NC(=Cc1ccc([N+](=O)[O-])cc1)C(=O)Nc1ccc(F)c(Cl)c1. The van der Waals surface area contributed by atoms with Gasteiger partial charge < -0.3 is 15.4 Å². The minimum absolute atomic E-state index is 0.128. The molecule has 0 saturated carbocycles. The van der Waals surface area contributed by atoms with Crippen molar-refractivity contribution in [3.8, 4) is 5.75 Å². The third-order valence-electron chi connectivity index (χ3n) is 4.44. The topological polar surface area (TPSA) is 111 Å². The Morgan fingerprint density at radius 3 is 2.42 bits per heavy atom. The average molecular weight is 470 g/mol. The monoisotopic (exact) mass is 469 g/mol. The molecular formula is C23H17ClFN3O5. The van der Waals surface area contributed by atoms with Crippen molar-refractivity contribution in [2.75, 3.05) is 12.4 Å². The van der Waals surface area contributed by atoms with Crippen LogP contribution in [0.2, 0.25) is 5.02 Å². The Morgan fingerprint density at radius 2 is 1.79 bits per heavy atom. The fourth-order valence-electron chi connectivity index (χ4n) is 2.81. The van der Waals surface area contributed by atoms with Gasteiger partial charge in [-0.3, -0.25) is 19.7 Å². The number of hydrogen-bond acceptors (Lipinski definition) is 5. The van der Waals surface area contributed by atoms with Crippen LogP contribution in [0.3, 0.4) is 0 Å². The summed E-state index contributed by atoms with van der Waals surface area (Å²) in [5.41, 5.74) is 0.514. The van der Waals surface area contributed by atoms with Gasteiger partial charge in [0, 0.05) is 17.8 Å². The molecule has 0 saturated heterocycles. The van der Waals surface area contributed by atoms with E-state index in [2.05, 4.69) is 10.6 Å². The standard InChI is InChI=1S/C23H17ClFN3O5/c1-33-21-5-3-2-4-17(21)22(29)27-20(12-14-6-9-16(10-7-14)28(31)32)23(30)26-15-8-11-19(25)18(24)13-15/h2-13H,1H3,(H,26,30)(H,27,29). The van der Waals surface area contributed by atoms with Gasteiger partial charge in [-0.05, 0) is 54.1 Å². The van der Waals surface area contributed by atoms with Crippen LogP contribution in [-0.2, 0) is 4.79 Å². The lowest BCUT2D eigenvalue weighted by Gasteiger charge is -2.13. The van der Waals surface area contributed by atoms with Gasteiger partial charge in [0.2, 0.25) is 0 Å². The van der Waals surface area contributed by atoms with Crippen molar-refractivity contribution in [2.24, 2.45) is 0 Å². The van der Waals surface area contributed by atoms with Gasteiger partial charge in [0.1, 0.15) is 17.3 Å². The molecule has 2 amide bonds. The molecule has 3 aromatic carbocycles. The molecule has 0 radical (unpaired) electrons. The van der Waals surface area contributed by atoms with Crippen LogP contribution in [0.25, 0.3) is 6.08 Å². The third kappa shape index (κ3) is 5.92. The molecule has 3 rings (SSSR count). The van der Waals surface area contributed by atoms with Gasteiger partial charge in [-0.1, -0.05) is 23.7 Å². The molecule has 0 unspecified atom stereocenters. The van der Waals surface area contributed by atoms with Crippen LogP contribution in [0.4, 0.5) is 15.8 Å². The fourth-order valence-corrected chi connectivity index (χ4v) is 2.99. The lowest BCUT2D eigenvalue weighted by molar-refractivity contribution is -0.384. The van der Waals surface area contributed by atoms with Crippen molar-refractivity contribution in [3.05, 3.63) is 105 Å². The van der Waals surface area contributed by atoms with E-state index in [4.69, 9.17) is 16.3 Å². The molecule has 2 N–H and O–H groups in total. The molecule has 8 nitrogen and oxygen atoms in total. The summed E-state index contributed by atoms with van der Waals surface area (Å²) in [5, 5.41) is 15.8. The van der Waals surface area contributed by atoms with Crippen LogP contribution in [-0.4, -0.2) is 23.8 Å². The van der Waals surface area contributed by atoms with Gasteiger partial charge in [0.25, 0.3) is 17.5 Å². The number of benzene rings is 3. The number of carbonyl (C=O) groups excluding carboxylic acids is 2. The number of nitro benzene ring substituents is 1. The Morgan fingerprint density at radius 1 is 1.09 bits per heavy atom. The first-order valence-electron chi connectivity index (χ1n) is 9.45. The average Bonchev–Trinajstić information content (AvgIpc) is 2.81. The van der Waals surface area contributed by atoms with E-state index >= 15 is 0 Å². The molecule has 0 fully saturated rings. The van der Waals surface area contributed by atoms with E-state index in [1.807, 2.05) is 0 Å². The van der Waals surface area contributed by atoms with E-state index in [-0.39, 0.29) is 27.7 Å². The number of ether oxygens (including phenoxy) is 1. The van der Waals surface area contributed by atoms with Gasteiger partial charge in [-0.15, -0.1) is 0 Å². The maximum absolute atomic E-state index is 13.4. The molecule has 0 aliphatic rings. The number of nitro groups is 1. The summed E-state index contributed by atoms with van der Waals surface area (Å²) < 4.78 is 18.6. The highest BCUT2D eigenvalue weighted by Crippen LogP contribution is 2.21. The number of rotatable bonds is 7. The molecular weight excluding hydrogens is 453 g/mol. The second-order valence-corrected chi connectivity index (χ2v) is 7.05. The number of anilines is 1. The molecule has 0 aliphatic carbocycles. The first kappa shape index (κ1) is 23.4. The third-order valence-corrected chi connectivity index (χ3v) is 4.73. The van der Waals surface area contributed by atoms with E-state index in [1.165, 1.54) is 55.7 Å². The number of para-hydroxylation sites is 1. The summed E-state index contributed by atoms with van der Waals surface area (Å²) in [5.74, 6) is -1.69. The first-order chi connectivity index (χ1) is 15.8. The van der Waals surface area contributed by atoms with Crippen LogP contribution in [0, 0.1) is 15.9 Å². The minimum Gasteiger partial charge on any atom is -0.496 e. The summed E-state index contributed by atoms with van der Waals surface area (Å²) in [7, 11) is 1.41. The van der Waals surface area contributed by atoms with Gasteiger partial charge in [0.05, 0.1) is 22.6 Å². The quantitative estimate of drug-likeness (QED) is 0.293. The normalized spacial score (nSPS) is 10.9.